The maximum atomic E-state index is 12.8. The predicted molar refractivity (Wildman–Crippen MR) is 285 cm³/mol. The third-order valence-corrected chi connectivity index (χ3v) is 14.2. The molecule has 426 valence electrons. The third-order valence-electron chi connectivity index (χ3n) is 13.2. The van der Waals surface area contributed by atoms with Crippen molar-refractivity contribution in [2.75, 3.05) is 52.7 Å². The first-order valence-electron chi connectivity index (χ1n) is 29.2. The molecule has 3 unspecified atom stereocenters. The zero-order chi connectivity index (χ0) is 53.5. The lowest BCUT2D eigenvalue weighted by atomic mass is 10.0. The fourth-order valence-corrected chi connectivity index (χ4v) is 9.48. The fraction of sp³-hybridized carbons (Fsp3) is 0.893. The summed E-state index contributed by atoms with van der Waals surface area (Å²) < 4.78 is 44.6. The van der Waals surface area contributed by atoms with Crippen LogP contribution in [-0.4, -0.2) is 104 Å². The van der Waals surface area contributed by atoms with Gasteiger partial charge in [0.05, 0.1) is 19.8 Å². The van der Waals surface area contributed by atoms with Crippen LogP contribution in [0.2, 0.25) is 0 Å². The largest absolute Gasteiger partial charge is 0.472 e. The Kier molecular flexibility index (Phi) is 44.3. The Labute approximate surface area is 441 Å². The topological polar surface area (TPSA) is 210 Å². The van der Waals surface area contributed by atoms with Gasteiger partial charge in [-0.1, -0.05) is 201 Å². The summed E-state index contributed by atoms with van der Waals surface area (Å²) in [6.07, 6.45) is 36.4. The van der Waals surface area contributed by atoms with Crippen LogP contribution >= 0.6 is 7.82 Å². The molecule has 0 radical (unpaired) electrons. The minimum atomic E-state index is -4.62. The Balaban J connectivity index is 2.33. The first-order valence-corrected chi connectivity index (χ1v) is 30.7. The van der Waals surface area contributed by atoms with Crippen molar-refractivity contribution in [1.29, 1.82) is 0 Å². The zero-order valence-electron chi connectivity index (χ0n) is 46.1. The molecule has 0 bridgehead atoms. The summed E-state index contributed by atoms with van der Waals surface area (Å²) in [4.78, 5) is 85.1. The summed E-state index contributed by atoms with van der Waals surface area (Å²) in [6, 6.07) is 0. The van der Waals surface area contributed by atoms with Gasteiger partial charge >= 0.3 is 25.7 Å². The molecule has 0 aromatic rings. The molecule has 2 N–H and O–H groups in total. The van der Waals surface area contributed by atoms with Crippen LogP contribution in [0, 0.1) is 5.92 Å². The first-order chi connectivity index (χ1) is 35.4. The average molecular weight is 1060 g/mol. The molecular formula is C56H103N2O14P. The summed E-state index contributed by atoms with van der Waals surface area (Å²) in [5.74, 6) is -2.60. The van der Waals surface area contributed by atoms with Crippen LogP contribution in [0.25, 0.3) is 0 Å². The number of phosphoric ester groups is 1. The van der Waals surface area contributed by atoms with Crippen molar-refractivity contribution in [2.24, 2.45) is 5.92 Å². The van der Waals surface area contributed by atoms with E-state index >= 15 is 0 Å². The van der Waals surface area contributed by atoms with E-state index in [1.807, 2.05) is 0 Å². The summed E-state index contributed by atoms with van der Waals surface area (Å²) in [5.41, 5.74) is 0. The lowest BCUT2D eigenvalue weighted by molar-refractivity contribution is -0.161. The number of carbonyl (C=O) groups excluding carboxylic acids is 6. The SMILES string of the molecule is CCCCCCCCCCCCCCCCCC(=O)OCC(COP(=O)(O)OCCCC(=O)OCCOCCCNC(=O)CCN1C(=O)CC(C)C1=O)OC(=O)CCCCCCCCCCCCCCCCC. The first kappa shape index (κ1) is 68.1. The number of hydrogen-bond donors (Lipinski definition) is 2. The van der Waals surface area contributed by atoms with Crippen molar-refractivity contribution < 1.29 is 66.2 Å². The quantitative estimate of drug-likeness (QED) is 0.0191. The van der Waals surface area contributed by atoms with Crippen molar-refractivity contribution in [3.8, 4) is 0 Å². The number of nitrogens with one attached hydrogen (secondary N) is 1. The molecule has 3 amide bonds. The molecule has 0 aliphatic carbocycles. The summed E-state index contributed by atoms with van der Waals surface area (Å²) in [7, 11) is -4.62. The number of imide groups is 1. The molecule has 1 rings (SSSR count). The van der Waals surface area contributed by atoms with Gasteiger partial charge in [0, 0.05) is 57.7 Å². The highest BCUT2D eigenvalue weighted by Crippen LogP contribution is 2.43. The van der Waals surface area contributed by atoms with E-state index < -0.39 is 38.4 Å². The average Bonchev–Trinajstić information content (AvgIpc) is 3.61. The molecule has 16 nitrogen and oxygen atoms in total. The van der Waals surface area contributed by atoms with Crippen LogP contribution < -0.4 is 5.32 Å². The van der Waals surface area contributed by atoms with Gasteiger partial charge in [0.2, 0.25) is 17.7 Å². The van der Waals surface area contributed by atoms with Crippen LogP contribution in [0.5, 0.6) is 0 Å². The molecule has 1 aliphatic heterocycles. The number of phosphoric acid groups is 1. The monoisotopic (exact) mass is 1060 g/mol. The van der Waals surface area contributed by atoms with Gasteiger partial charge in [-0.15, -0.1) is 0 Å². The minimum Gasteiger partial charge on any atom is -0.463 e. The number of hydrogen-bond acceptors (Lipinski definition) is 13. The van der Waals surface area contributed by atoms with Crippen molar-refractivity contribution in [1.82, 2.24) is 10.2 Å². The molecule has 3 atom stereocenters. The molecule has 1 saturated heterocycles. The van der Waals surface area contributed by atoms with E-state index in [1.54, 1.807) is 6.92 Å². The van der Waals surface area contributed by atoms with Crippen molar-refractivity contribution >= 4 is 43.5 Å². The lowest BCUT2D eigenvalue weighted by Gasteiger charge is -2.20. The molecule has 0 aromatic carbocycles. The van der Waals surface area contributed by atoms with Crippen LogP contribution in [-0.2, 0) is 61.3 Å². The molecule has 1 heterocycles. The Morgan fingerprint density at radius 2 is 1.00 bits per heavy atom. The zero-order valence-corrected chi connectivity index (χ0v) is 47.0. The second-order valence-corrected chi connectivity index (χ2v) is 21.6. The van der Waals surface area contributed by atoms with Crippen LogP contribution in [0.1, 0.15) is 258 Å². The second kappa shape index (κ2) is 47.5. The van der Waals surface area contributed by atoms with E-state index in [0.29, 0.717) is 32.4 Å². The molecule has 73 heavy (non-hydrogen) atoms. The van der Waals surface area contributed by atoms with Crippen LogP contribution in [0.15, 0.2) is 0 Å². The molecule has 0 saturated carbocycles. The van der Waals surface area contributed by atoms with Gasteiger partial charge in [-0.05, 0) is 25.7 Å². The minimum absolute atomic E-state index is 0.00638. The van der Waals surface area contributed by atoms with E-state index in [0.717, 1.165) is 43.4 Å². The fourth-order valence-electron chi connectivity index (χ4n) is 8.69. The van der Waals surface area contributed by atoms with Crippen molar-refractivity contribution in [2.45, 2.75) is 264 Å². The van der Waals surface area contributed by atoms with Crippen molar-refractivity contribution in [3.05, 3.63) is 0 Å². The molecule has 0 aromatic heterocycles. The van der Waals surface area contributed by atoms with Gasteiger partial charge in [-0.2, -0.15) is 0 Å². The van der Waals surface area contributed by atoms with E-state index in [9.17, 15) is 38.2 Å². The highest BCUT2D eigenvalue weighted by atomic mass is 31.2. The van der Waals surface area contributed by atoms with Gasteiger partial charge in [0.1, 0.15) is 13.2 Å². The number of esters is 3. The number of nitrogens with zero attached hydrogens (tertiary/aromatic N) is 1. The lowest BCUT2D eigenvalue weighted by Crippen LogP contribution is -2.35. The van der Waals surface area contributed by atoms with Gasteiger partial charge in [0.25, 0.3) is 0 Å². The smallest absolute Gasteiger partial charge is 0.463 e. The van der Waals surface area contributed by atoms with E-state index in [-0.39, 0.29) is 95.1 Å². The van der Waals surface area contributed by atoms with Gasteiger partial charge < -0.3 is 29.2 Å². The third kappa shape index (κ3) is 42.0. The number of amides is 3. The molecule has 0 spiro atoms. The molecular weight excluding hydrogens is 956 g/mol. The summed E-state index contributed by atoms with van der Waals surface area (Å²) >= 11 is 0. The Bertz CT molecular complexity index is 1480. The maximum absolute atomic E-state index is 12.8. The molecule has 17 heteroatoms. The highest BCUT2D eigenvalue weighted by molar-refractivity contribution is 7.47. The molecule has 1 fully saturated rings. The maximum Gasteiger partial charge on any atom is 0.472 e. The summed E-state index contributed by atoms with van der Waals surface area (Å²) in [6.45, 7) is 5.89. The number of carbonyl (C=O) groups is 6. The second-order valence-electron chi connectivity index (χ2n) is 20.2. The van der Waals surface area contributed by atoms with Gasteiger partial charge in [-0.3, -0.25) is 42.7 Å². The van der Waals surface area contributed by atoms with Crippen LogP contribution in [0.3, 0.4) is 0 Å². The number of rotatable bonds is 53. The van der Waals surface area contributed by atoms with E-state index in [2.05, 4.69) is 19.2 Å². The van der Waals surface area contributed by atoms with Crippen LogP contribution in [0.4, 0.5) is 0 Å². The highest BCUT2D eigenvalue weighted by Gasteiger charge is 2.35. The normalized spacial score (nSPS) is 14.8. The van der Waals surface area contributed by atoms with Gasteiger partial charge in [0.15, 0.2) is 6.10 Å². The standard InChI is InChI=1S/C56H103N2O14P/c1-4-6-8-10-12-14-16-18-20-22-24-26-28-30-32-36-54(62)69-47-50(72-55(63)37-33-31-29-27-25-23-21-19-17-15-13-11-9-7-5-2)48-71-73(65,66)70-43-34-38-53(61)68-45-44-67-42-35-40-57-51(59)39-41-58-52(60)46-49(3)56(58)64/h49-50H,4-48H2,1-3H3,(H,57,59)(H,65,66). The Morgan fingerprint density at radius 3 is 1.48 bits per heavy atom. The number of likely N-dealkylation sites (tertiary alicyclic amines) is 1. The Morgan fingerprint density at radius 1 is 0.548 bits per heavy atom. The summed E-state index contributed by atoms with van der Waals surface area (Å²) in [5, 5.41) is 2.72. The molecule has 1 aliphatic rings. The number of unbranched alkanes of at least 4 members (excludes halogenated alkanes) is 28. The van der Waals surface area contributed by atoms with Gasteiger partial charge in [-0.25, -0.2) is 4.57 Å². The predicted octanol–water partition coefficient (Wildman–Crippen LogP) is 12.7. The van der Waals surface area contributed by atoms with E-state index in [1.165, 1.54) is 141 Å². The Hall–Kier alpha value is -2.91. The van der Waals surface area contributed by atoms with Crippen molar-refractivity contribution in [3.63, 3.8) is 0 Å². The number of ether oxygens (including phenoxy) is 4. The van der Waals surface area contributed by atoms with E-state index in [4.69, 9.17) is 28.0 Å².